The quantitative estimate of drug-likeness (QED) is 0.477. The van der Waals surface area contributed by atoms with Gasteiger partial charge in [0.2, 0.25) is 0 Å². The van der Waals surface area contributed by atoms with Crippen molar-refractivity contribution in [1.82, 2.24) is 0 Å². The molecule has 0 heterocycles. The second kappa shape index (κ2) is 7.39. The van der Waals surface area contributed by atoms with Crippen molar-refractivity contribution < 1.29 is 34.4 Å². The summed E-state index contributed by atoms with van der Waals surface area (Å²) in [5.41, 5.74) is 0.0947. The van der Waals surface area contributed by atoms with Gasteiger partial charge < -0.3 is 20.1 Å². The van der Waals surface area contributed by atoms with E-state index in [1.807, 2.05) is 0 Å². The third-order valence-electron chi connectivity index (χ3n) is 2.91. The Morgan fingerprint density at radius 1 is 1.29 bits per heavy atom. The van der Waals surface area contributed by atoms with E-state index >= 15 is 0 Å². The van der Waals surface area contributed by atoms with Gasteiger partial charge in [-0.05, 0) is 30.5 Å². The smallest absolute Gasteiger partial charge is 0.336 e. The van der Waals surface area contributed by atoms with Crippen LogP contribution < -0.4 is 0 Å². The van der Waals surface area contributed by atoms with Crippen molar-refractivity contribution in [3.05, 3.63) is 34.4 Å². The van der Waals surface area contributed by atoms with Crippen molar-refractivity contribution in [1.29, 1.82) is 0 Å². The van der Waals surface area contributed by atoms with Crippen LogP contribution in [0.15, 0.2) is 12.1 Å². The highest BCUT2D eigenvalue weighted by molar-refractivity contribution is 6.03. The second-order valence-electron chi connectivity index (χ2n) is 4.51. The zero-order chi connectivity index (χ0) is 16.0. The van der Waals surface area contributed by atoms with Gasteiger partial charge in [-0.1, -0.05) is 6.07 Å². The Morgan fingerprint density at radius 2 is 1.95 bits per heavy atom. The molecule has 0 aromatic heterocycles. The van der Waals surface area contributed by atoms with Gasteiger partial charge >= 0.3 is 11.9 Å². The van der Waals surface area contributed by atoms with Crippen LogP contribution in [0.5, 0.6) is 0 Å². The molecule has 114 valence electrons. The maximum atomic E-state index is 11.4. The van der Waals surface area contributed by atoms with Crippen LogP contribution in [0.2, 0.25) is 0 Å². The molecule has 21 heavy (non-hydrogen) atoms. The summed E-state index contributed by atoms with van der Waals surface area (Å²) in [6, 6.07) is 2.68. The molecule has 7 nitrogen and oxygen atoms in total. The van der Waals surface area contributed by atoms with E-state index in [-0.39, 0.29) is 42.6 Å². The number of carbonyl (C=O) groups excluding carboxylic acids is 1. The molecule has 0 aliphatic carbocycles. The first-order valence-electron chi connectivity index (χ1n) is 6.23. The van der Waals surface area contributed by atoms with Crippen LogP contribution in [-0.2, 0) is 22.4 Å². The molecule has 7 heteroatoms. The molecule has 1 rings (SSSR count). The van der Waals surface area contributed by atoms with E-state index < -0.39 is 18.0 Å². The van der Waals surface area contributed by atoms with Crippen LogP contribution in [0.4, 0.5) is 0 Å². The average molecular weight is 296 g/mol. The third-order valence-corrected chi connectivity index (χ3v) is 2.91. The maximum absolute atomic E-state index is 11.4. The molecule has 1 unspecified atom stereocenters. The van der Waals surface area contributed by atoms with Crippen molar-refractivity contribution in [3.8, 4) is 0 Å². The first-order valence-corrected chi connectivity index (χ1v) is 6.23. The molecule has 0 saturated carbocycles. The summed E-state index contributed by atoms with van der Waals surface area (Å²) in [6.45, 7) is 1.80. The van der Waals surface area contributed by atoms with Crippen LogP contribution in [0.3, 0.4) is 0 Å². The van der Waals surface area contributed by atoms with Crippen LogP contribution in [0, 0.1) is 0 Å². The highest BCUT2D eigenvalue weighted by Gasteiger charge is 2.23. The zero-order valence-electron chi connectivity index (χ0n) is 11.4. The van der Waals surface area contributed by atoms with Gasteiger partial charge in [-0.2, -0.15) is 0 Å². The standard InChI is InChI=1S/C14H16O7/c1-8(16)6-11-9(4-5-21-7-15)2-3-10(13(17)18)12(11)14(19)20/h2-3,7-8,16H,4-6H2,1H3,(H,17,18)(H,19,20). The molecular formula is C14H16O7. The number of aliphatic hydroxyl groups is 1. The highest BCUT2D eigenvalue weighted by Crippen LogP contribution is 2.22. The second-order valence-corrected chi connectivity index (χ2v) is 4.51. The Morgan fingerprint density at radius 3 is 2.43 bits per heavy atom. The summed E-state index contributed by atoms with van der Waals surface area (Å²) in [4.78, 5) is 32.7. The predicted molar refractivity (Wildman–Crippen MR) is 71.5 cm³/mol. The number of hydrogen-bond acceptors (Lipinski definition) is 5. The molecule has 0 saturated heterocycles. The molecule has 0 radical (unpaired) electrons. The monoisotopic (exact) mass is 296 g/mol. The molecule has 0 amide bonds. The van der Waals surface area contributed by atoms with Crippen molar-refractivity contribution in [2.75, 3.05) is 6.61 Å². The SMILES string of the molecule is CC(O)Cc1c(CCOC=O)ccc(C(=O)O)c1C(=O)O. The molecule has 1 aromatic rings. The van der Waals surface area contributed by atoms with Crippen LogP contribution in [0.25, 0.3) is 0 Å². The van der Waals surface area contributed by atoms with Gasteiger partial charge in [-0.15, -0.1) is 0 Å². The lowest BCUT2D eigenvalue weighted by atomic mass is 9.91. The summed E-state index contributed by atoms with van der Waals surface area (Å²) in [6.07, 6.45) is -0.599. The van der Waals surface area contributed by atoms with E-state index in [4.69, 9.17) is 5.11 Å². The lowest BCUT2D eigenvalue weighted by Gasteiger charge is -2.16. The van der Waals surface area contributed by atoms with E-state index in [2.05, 4.69) is 4.74 Å². The number of carbonyl (C=O) groups is 3. The predicted octanol–water partition coefficient (Wildman–Crippen LogP) is 0.722. The lowest BCUT2D eigenvalue weighted by molar-refractivity contribution is -0.128. The summed E-state index contributed by atoms with van der Waals surface area (Å²) in [7, 11) is 0. The normalized spacial score (nSPS) is 11.7. The molecule has 0 aliphatic heterocycles. The first-order chi connectivity index (χ1) is 9.88. The van der Waals surface area contributed by atoms with Gasteiger partial charge in [-0.3, -0.25) is 4.79 Å². The lowest BCUT2D eigenvalue weighted by Crippen LogP contribution is -2.18. The van der Waals surface area contributed by atoms with Crippen LogP contribution in [0.1, 0.15) is 38.8 Å². The molecular weight excluding hydrogens is 280 g/mol. The summed E-state index contributed by atoms with van der Waals surface area (Å²) in [5.74, 6) is -2.73. The molecule has 0 bridgehead atoms. The number of aliphatic hydroxyl groups excluding tert-OH is 1. The van der Waals surface area contributed by atoms with Gasteiger partial charge in [0.1, 0.15) is 0 Å². The molecule has 0 aliphatic rings. The molecule has 0 spiro atoms. The fourth-order valence-electron chi connectivity index (χ4n) is 2.09. The number of benzene rings is 1. The minimum absolute atomic E-state index is 0.000818. The number of carboxylic acid groups (broad SMARTS) is 2. The maximum Gasteiger partial charge on any atom is 0.336 e. The van der Waals surface area contributed by atoms with Crippen molar-refractivity contribution in [2.45, 2.75) is 25.9 Å². The summed E-state index contributed by atoms with van der Waals surface area (Å²) in [5, 5.41) is 27.9. The van der Waals surface area contributed by atoms with Gasteiger partial charge in [0, 0.05) is 6.42 Å². The Kier molecular flexibility index (Phi) is 5.86. The van der Waals surface area contributed by atoms with E-state index in [1.165, 1.54) is 19.1 Å². The van der Waals surface area contributed by atoms with E-state index in [1.54, 1.807) is 0 Å². The van der Waals surface area contributed by atoms with Gasteiger partial charge in [-0.25, -0.2) is 9.59 Å². The molecule has 3 N–H and O–H groups in total. The van der Waals surface area contributed by atoms with Crippen LogP contribution in [-0.4, -0.2) is 46.4 Å². The largest absolute Gasteiger partial charge is 0.478 e. The Hall–Kier alpha value is -2.41. The third kappa shape index (κ3) is 4.28. The van der Waals surface area contributed by atoms with Crippen molar-refractivity contribution in [2.24, 2.45) is 0 Å². The highest BCUT2D eigenvalue weighted by atomic mass is 16.5. The van der Waals surface area contributed by atoms with Gasteiger partial charge in [0.15, 0.2) is 0 Å². The topological polar surface area (TPSA) is 121 Å². The average Bonchev–Trinajstić information content (AvgIpc) is 2.38. The minimum Gasteiger partial charge on any atom is -0.478 e. The van der Waals surface area contributed by atoms with Crippen molar-refractivity contribution in [3.63, 3.8) is 0 Å². The zero-order valence-corrected chi connectivity index (χ0v) is 11.4. The van der Waals surface area contributed by atoms with Crippen molar-refractivity contribution >= 4 is 18.4 Å². The summed E-state index contributed by atoms with van der Waals surface area (Å²) < 4.78 is 4.57. The fourth-order valence-corrected chi connectivity index (χ4v) is 2.09. The number of ether oxygens (including phenoxy) is 1. The molecule has 1 aromatic carbocycles. The van der Waals surface area contributed by atoms with Gasteiger partial charge in [0.25, 0.3) is 6.47 Å². The van der Waals surface area contributed by atoms with E-state index in [0.29, 0.717) is 5.56 Å². The Balaban J connectivity index is 3.36. The van der Waals surface area contributed by atoms with Crippen LogP contribution >= 0.6 is 0 Å². The van der Waals surface area contributed by atoms with E-state index in [9.17, 15) is 24.6 Å². The number of carboxylic acids is 2. The van der Waals surface area contributed by atoms with Gasteiger partial charge in [0.05, 0.1) is 23.8 Å². The fraction of sp³-hybridized carbons (Fsp3) is 0.357. The number of hydrogen-bond donors (Lipinski definition) is 3. The number of rotatable bonds is 8. The molecule has 0 fully saturated rings. The first kappa shape index (κ1) is 16.6. The Labute approximate surface area is 120 Å². The minimum atomic E-state index is -1.37. The van der Waals surface area contributed by atoms with E-state index in [0.717, 1.165) is 0 Å². The molecule has 1 atom stereocenters. The summed E-state index contributed by atoms with van der Waals surface area (Å²) >= 11 is 0. The number of aromatic carboxylic acids is 2. The Bertz CT molecular complexity index is 548.